The van der Waals surface area contributed by atoms with E-state index in [1.807, 2.05) is 13.8 Å². The molecule has 0 N–H and O–H groups in total. The van der Waals surface area contributed by atoms with Crippen LogP contribution in [0.25, 0.3) is 0 Å². The number of rotatable bonds is 2. The Morgan fingerprint density at radius 3 is 2.30 bits per heavy atom. The second-order valence-corrected chi connectivity index (χ2v) is 5.37. The fraction of sp³-hybridized carbons (Fsp3) is 0.533. The summed E-state index contributed by atoms with van der Waals surface area (Å²) in [5.74, 6) is -0.680. The number of ketones is 1. The van der Waals surface area contributed by atoms with Crippen molar-refractivity contribution in [2.24, 2.45) is 11.8 Å². The van der Waals surface area contributed by atoms with Gasteiger partial charge in [-0.3, -0.25) is 4.79 Å². The lowest BCUT2D eigenvalue weighted by atomic mass is 9.83. The Hall–Kier alpha value is -1.36. The van der Waals surface area contributed by atoms with E-state index in [1.54, 1.807) is 6.92 Å². The maximum absolute atomic E-state index is 12.7. The van der Waals surface area contributed by atoms with E-state index in [2.05, 4.69) is 0 Å². The molecule has 1 heterocycles. The van der Waals surface area contributed by atoms with Crippen LogP contribution in [0.5, 0.6) is 0 Å². The number of ether oxygens (including phenoxy) is 1. The average Bonchev–Trinajstić information content (AvgIpc) is 2.62. The minimum atomic E-state index is -4.44. The first-order valence-corrected chi connectivity index (χ1v) is 6.58. The van der Waals surface area contributed by atoms with Crippen LogP contribution in [0, 0.1) is 11.8 Å². The van der Waals surface area contributed by atoms with Crippen molar-refractivity contribution in [3.63, 3.8) is 0 Å². The van der Waals surface area contributed by atoms with Gasteiger partial charge in [0, 0.05) is 5.56 Å². The van der Waals surface area contributed by atoms with Crippen molar-refractivity contribution in [1.29, 1.82) is 0 Å². The van der Waals surface area contributed by atoms with Crippen LogP contribution in [0.1, 0.15) is 36.7 Å². The molecule has 0 bridgehead atoms. The largest absolute Gasteiger partial charge is 0.416 e. The second kappa shape index (κ2) is 5.20. The molecular formula is C15H17F3O2. The monoisotopic (exact) mass is 286 g/mol. The van der Waals surface area contributed by atoms with Crippen molar-refractivity contribution >= 4 is 5.78 Å². The van der Waals surface area contributed by atoms with Gasteiger partial charge in [0.05, 0.1) is 23.7 Å². The van der Waals surface area contributed by atoms with Gasteiger partial charge in [0.25, 0.3) is 0 Å². The highest BCUT2D eigenvalue weighted by Gasteiger charge is 2.42. The standard InChI is InChI=1S/C15H17F3O2/c1-8-9(2)20-10(3)13(8)14(19)11-5-4-6-12(7-11)15(16,17)18/h4-10,13H,1-3H3. The Labute approximate surface area is 115 Å². The van der Waals surface area contributed by atoms with Gasteiger partial charge in [-0.2, -0.15) is 13.2 Å². The zero-order valence-electron chi connectivity index (χ0n) is 11.6. The number of hydrogen-bond donors (Lipinski definition) is 0. The van der Waals surface area contributed by atoms with Crippen molar-refractivity contribution in [2.45, 2.75) is 39.2 Å². The SMILES string of the molecule is CC1OC(C)C(C(=O)c2cccc(C(F)(F)F)c2)C1C. The van der Waals surface area contributed by atoms with Gasteiger partial charge in [-0.25, -0.2) is 0 Å². The number of hydrogen-bond acceptors (Lipinski definition) is 2. The first-order chi connectivity index (χ1) is 9.21. The summed E-state index contributed by atoms with van der Waals surface area (Å²) in [6, 6.07) is 4.59. The minimum absolute atomic E-state index is 0.00737. The van der Waals surface area contributed by atoms with E-state index in [1.165, 1.54) is 12.1 Å². The third-order valence-corrected chi connectivity index (χ3v) is 4.02. The third-order valence-electron chi connectivity index (χ3n) is 4.02. The van der Waals surface area contributed by atoms with E-state index >= 15 is 0 Å². The Kier molecular flexibility index (Phi) is 3.91. The summed E-state index contributed by atoms with van der Waals surface area (Å²) in [7, 11) is 0. The molecule has 0 saturated carbocycles. The van der Waals surface area contributed by atoms with Gasteiger partial charge in [0.2, 0.25) is 0 Å². The number of alkyl halides is 3. The van der Waals surface area contributed by atoms with Gasteiger partial charge in [-0.15, -0.1) is 0 Å². The second-order valence-electron chi connectivity index (χ2n) is 5.37. The lowest BCUT2D eigenvalue weighted by Gasteiger charge is -2.17. The normalized spacial score (nSPS) is 30.5. The van der Waals surface area contributed by atoms with Gasteiger partial charge in [0.1, 0.15) is 0 Å². The van der Waals surface area contributed by atoms with Gasteiger partial charge in [-0.1, -0.05) is 19.1 Å². The number of Topliss-reactive ketones (excluding diaryl/α,β-unsaturated/α-hetero) is 1. The molecule has 4 atom stereocenters. The molecule has 110 valence electrons. The van der Waals surface area contributed by atoms with Crippen LogP contribution < -0.4 is 0 Å². The molecule has 0 amide bonds. The van der Waals surface area contributed by atoms with E-state index in [0.717, 1.165) is 12.1 Å². The van der Waals surface area contributed by atoms with Gasteiger partial charge in [0.15, 0.2) is 5.78 Å². The lowest BCUT2D eigenvalue weighted by molar-refractivity contribution is -0.137. The molecule has 4 unspecified atom stereocenters. The molecule has 0 radical (unpaired) electrons. The summed E-state index contributed by atoms with van der Waals surface area (Å²) < 4.78 is 43.6. The summed E-state index contributed by atoms with van der Waals surface area (Å²) in [6.07, 6.45) is -4.78. The summed E-state index contributed by atoms with van der Waals surface area (Å²) >= 11 is 0. The van der Waals surface area contributed by atoms with Crippen LogP contribution in [0.2, 0.25) is 0 Å². The summed E-state index contributed by atoms with van der Waals surface area (Å²) in [5.41, 5.74) is -0.697. The first-order valence-electron chi connectivity index (χ1n) is 6.58. The van der Waals surface area contributed by atoms with E-state index < -0.39 is 17.7 Å². The number of benzene rings is 1. The van der Waals surface area contributed by atoms with Crippen LogP contribution in [-0.2, 0) is 10.9 Å². The number of carbonyl (C=O) groups is 1. The highest BCUT2D eigenvalue weighted by Crippen LogP contribution is 2.36. The molecule has 1 aromatic rings. The predicted octanol–water partition coefficient (Wildman–Crippen LogP) is 3.95. The molecule has 2 nitrogen and oxygen atoms in total. The van der Waals surface area contributed by atoms with Gasteiger partial charge >= 0.3 is 6.18 Å². The maximum atomic E-state index is 12.7. The highest BCUT2D eigenvalue weighted by molar-refractivity contribution is 5.98. The molecule has 2 rings (SSSR count). The summed E-state index contributed by atoms with van der Waals surface area (Å²) in [5, 5.41) is 0. The van der Waals surface area contributed by atoms with E-state index in [-0.39, 0.29) is 29.5 Å². The fourth-order valence-electron chi connectivity index (χ4n) is 2.76. The highest BCUT2D eigenvalue weighted by atomic mass is 19.4. The molecular weight excluding hydrogens is 269 g/mol. The Balaban J connectivity index is 2.30. The predicted molar refractivity (Wildman–Crippen MR) is 68.4 cm³/mol. The zero-order valence-corrected chi connectivity index (χ0v) is 11.6. The quantitative estimate of drug-likeness (QED) is 0.770. The van der Waals surface area contributed by atoms with Crippen molar-refractivity contribution in [2.75, 3.05) is 0 Å². The van der Waals surface area contributed by atoms with E-state index in [9.17, 15) is 18.0 Å². The third kappa shape index (κ3) is 2.73. The number of carbonyl (C=O) groups excluding carboxylic acids is 1. The Morgan fingerprint density at radius 1 is 1.15 bits per heavy atom. The molecule has 1 fully saturated rings. The van der Waals surface area contributed by atoms with E-state index in [4.69, 9.17) is 4.74 Å². The summed E-state index contributed by atoms with van der Waals surface area (Å²) in [4.78, 5) is 12.4. The molecule has 0 aromatic heterocycles. The Morgan fingerprint density at radius 2 is 1.80 bits per heavy atom. The van der Waals surface area contributed by atoms with Crippen molar-refractivity contribution in [3.8, 4) is 0 Å². The fourth-order valence-corrected chi connectivity index (χ4v) is 2.76. The minimum Gasteiger partial charge on any atom is -0.374 e. The molecule has 1 aliphatic heterocycles. The van der Waals surface area contributed by atoms with Gasteiger partial charge in [-0.05, 0) is 31.9 Å². The smallest absolute Gasteiger partial charge is 0.374 e. The van der Waals surface area contributed by atoms with Crippen LogP contribution in [-0.4, -0.2) is 18.0 Å². The van der Waals surface area contributed by atoms with Crippen LogP contribution >= 0.6 is 0 Å². The topological polar surface area (TPSA) is 26.3 Å². The molecule has 0 aliphatic carbocycles. The van der Waals surface area contributed by atoms with Crippen molar-refractivity contribution in [3.05, 3.63) is 35.4 Å². The maximum Gasteiger partial charge on any atom is 0.416 e. The molecule has 5 heteroatoms. The van der Waals surface area contributed by atoms with Crippen LogP contribution in [0.4, 0.5) is 13.2 Å². The Bertz CT molecular complexity index is 510. The number of halogens is 3. The first kappa shape index (κ1) is 15.0. The summed E-state index contributed by atoms with van der Waals surface area (Å²) in [6.45, 7) is 5.56. The molecule has 1 aromatic carbocycles. The van der Waals surface area contributed by atoms with Crippen molar-refractivity contribution in [1.82, 2.24) is 0 Å². The molecule has 20 heavy (non-hydrogen) atoms. The molecule has 1 saturated heterocycles. The lowest BCUT2D eigenvalue weighted by Crippen LogP contribution is -2.27. The van der Waals surface area contributed by atoms with Crippen LogP contribution in [0.15, 0.2) is 24.3 Å². The van der Waals surface area contributed by atoms with Crippen LogP contribution in [0.3, 0.4) is 0 Å². The molecule has 0 spiro atoms. The molecule has 1 aliphatic rings. The van der Waals surface area contributed by atoms with Crippen molar-refractivity contribution < 1.29 is 22.7 Å². The average molecular weight is 286 g/mol. The van der Waals surface area contributed by atoms with Gasteiger partial charge < -0.3 is 4.74 Å². The zero-order chi connectivity index (χ0) is 15.1. The van der Waals surface area contributed by atoms with E-state index in [0.29, 0.717) is 0 Å².